The molecule has 0 saturated heterocycles. The van der Waals surface area contributed by atoms with E-state index in [1.54, 1.807) is 0 Å². The van der Waals surface area contributed by atoms with Gasteiger partial charge in [0, 0.05) is 17.6 Å². The number of rotatable bonds is 5. The normalized spacial score (nSPS) is 16.1. The summed E-state index contributed by atoms with van der Waals surface area (Å²) < 4.78 is 0. The fourth-order valence-corrected chi connectivity index (χ4v) is 2.88. The van der Waals surface area contributed by atoms with Crippen molar-refractivity contribution in [2.24, 2.45) is 0 Å². The molecule has 0 amide bonds. The third-order valence-corrected chi connectivity index (χ3v) is 4.33. The lowest BCUT2D eigenvalue weighted by molar-refractivity contribution is 0.574. The first-order chi connectivity index (χ1) is 9.74. The van der Waals surface area contributed by atoms with Gasteiger partial charge in [0.1, 0.15) is 0 Å². The summed E-state index contributed by atoms with van der Waals surface area (Å²) in [6.45, 7) is 3.04. The molecule has 0 aromatic heterocycles. The van der Waals surface area contributed by atoms with Crippen LogP contribution in [0.15, 0.2) is 48.5 Å². The summed E-state index contributed by atoms with van der Waals surface area (Å²) in [5.41, 5.74) is 4.01. The number of halogens is 1. The zero-order chi connectivity index (χ0) is 13.9. The van der Waals surface area contributed by atoms with Gasteiger partial charge in [-0.2, -0.15) is 0 Å². The molecular weight excluding hydrogens is 266 g/mol. The first-order valence-corrected chi connectivity index (χ1v) is 7.68. The van der Waals surface area contributed by atoms with Gasteiger partial charge in [-0.15, -0.1) is 0 Å². The van der Waals surface area contributed by atoms with E-state index >= 15 is 0 Å². The van der Waals surface area contributed by atoms with Crippen LogP contribution in [0.4, 0.5) is 0 Å². The van der Waals surface area contributed by atoms with Crippen molar-refractivity contribution in [3.8, 4) is 0 Å². The standard InChI is InChI=1S/C18H20ClN/c1-13(17-7-2-3-8-18(17)19)20-12-14-5-4-6-16(11-14)15-9-10-15/h2-8,11,13,15,20H,9-10,12H2,1H3. The van der Waals surface area contributed by atoms with Crippen molar-refractivity contribution in [3.63, 3.8) is 0 Å². The van der Waals surface area contributed by atoms with Crippen LogP contribution in [0.5, 0.6) is 0 Å². The second-order valence-electron chi connectivity index (χ2n) is 5.64. The Balaban J connectivity index is 1.64. The van der Waals surface area contributed by atoms with E-state index in [9.17, 15) is 0 Å². The quantitative estimate of drug-likeness (QED) is 0.809. The Bertz CT molecular complexity index is 589. The molecule has 0 aliphatic heterocycles. The van der Waals surface area contributed by atoms with Gasteiger partial charge in [-0.1, -0.05) is 54.1 Å². The van der Waals surface area contributed by atoms with Crippen LogP contribution in [0.3, 0.4) is 0 Å². The largest absolute Gasteiger partial charge is 0.306 e. The SMILES string of the molecule is CC(NCc1cccc(C2CC2)c1)c1ccccc1Cl. The van der Waals surface area contributed by atoms with Crippen molar-refractivity contribution < 1.29 is 0 Å². The molecule has 1 N–H and O–H groups in total. The molecule has 1 fully saturated rings. The van der Waals surface area contributed by atoms with E-state index in [4.69, 9.17) is 11.6 Å². The molecule has 0 heterocycles. The molecule has 1 saturated carbocycles. The Morgan fingerprint density at radius 2 is 1.95 bits per heavy atom. The number of hydrogen-bond donors (Lipinski definition) is 1. The van der Waals surface area contributed by atoms with Crippen LogP contribution in [0.1, 0.15) is 48.4 Å². The lowest BCUT2D eigenvalue weighted by atomic mass is 10.1. The molecule has 1 unspecified atom stereocenters. The molecule has 2 aromatic carbocycles. The summed E-state index contributed by atoms with van der Waals surface area (Å²) in [7, 11) is 0. The second-order valence-corrected chi connectivity index (χ2v) is 6.05. The molecule has 104 valence electrons. The van der Waals surface area contributed by atoms with Gasteiger partial charge in [-0.3, -0.25) is 0 Å². The lowest BCUT2D eigenvalue weighted by Gasteiger charge is -2.16. The highest BCUT2D eigenvalue weighted by Crippen LogP contribution is 2.40. The van der Waals surface area contributed by atoms with Gasteiger partial charge in [0.05, 0.1) is 0 Å². The first-order valence-electron chi connectivity index (χ1n) is 7.30. The molecule has 0 radical (unpaired) electrons. The van der Waals surface area contributed by atoms with Crippen LogP contribution in [-0.2, 0) is 6.54 Å². The minimum atomic E-state index is 0.258. The molecule has 1 nitrogen and oxygen atoms in total. The summed E-state index contributed by atoms with van der Waals surface area (Å²) in [6, 6.07) is 17.2. The van der Waals surface area contributed by atoms with E-state index in [2.05, 4.69) is 42.6 Å². The Morgan fingerprint density at radius 3 is 2.70 bits per heavy atom. The predicted molar refractivity (Wildman–Crippen MR) is 85.1 cm³/mol. The Hall–Kier alpha value is -1.31. The zero-order valence-electron chi connectivity index (χ0n) is 11.8. The fourth-order valence-electron chi connectivity index (χ4n) is 2.58. The van der Waals surface area contributed by atoms with Gasteiger partial charge in [0.25, 0.3) is 0 Å². The highest BCUT2D eigenvalue weighted by atomic mass is 35.5. The van der Waals surface area contributed by atoms with Crippen molar-refractivity contribution in [2.75, 3.05) is 0 Å². The molecule has 2 aromatic rings. The average molecular weight is 286 g/mol. The van der Waals surface area contributed by atoms with Crippen molar-refractivity contribution >= 4 is 11.6 Å². The van der Waals surface area contributed by atoms with Crippen LogP contribution < -0.4 is 5.32 Å². The molecule has 20 heavy (non-hydrogen) atoms. The summed E-state index contributed by atoms with van der Waals surface area (Å²) >= 11 is 6.24. The van der Waals surface area contributed by atoms with E-state index in [0.29, 0.717) is 0 Å². The summed E-state index contributed by atoms with van der Waals surface area (Å²) in [5.74, 6) is 0.816. The minimum Gasteiger partial charge on any atom is -0.306 e. The second kappa shape index (κ2) is 5.99. The molecule has 1 atom stereocenters. The van der Waals surface area contributed by atoms with Crippen LogP contribution in [0, 0.1) is 0 Å². The number of hydrogen-bond acceptors (Lipinski definition) is 1. The fraction of sp³-hybridized carbons (Fsp3) is 0.333. The smallest absolute Gasteiger partial charge is 0.0453 e. The van der Waals surface area contributed by atoms with Crippen molar-refractivity contribution in [2.45, 2.75) is 38.3 Å². The predicted octanol–water partition coefficient (Wildman–Crippen LogP) is 5.07. The van der Waals surface area contributed by atoms with Crippen LogP contribution in [-0.4, -0.2) is 0 Å². The topological polar surface area (TPSA) is 12.0 Å². The Morgan fingerprint density at radius 1 is 1.15 bits per heavy atom. The molecule has 0 spiro atoms. The molecular formula is C18H20ClN. The first kappa shape index (κ1) is 13.7. The van der Waals surface area contributed by atoms with Gasteiger partial charge in [0.15, 0.2) is 0 Å². The molecule has 1 aliphatic carbocycles. The summed E-state index contributed by atoms with van der Waals surface area (Å²) in [6.07, 6.45) is 2.71. The van der Waals surface area contributed by atoms with Crippen molar-refractivity contribution in [1.29, 1.82) is 0 Å². The lowest BCUT2D eigenvalue weighted by Crippen LogP contribution is -2.18. The Labute approximate surface area is 126 Å². The number of benzene rings is 2. The summed E-state index contributed by atoms with van der Waals surface area (Å²) in [5, 5.41) is 4.39. The minimum absolute atomic E-state index is 0.258. The Kier molecular flexibility index (Phi) is 4.09. The van der Waals surface area contributed by atoms with E-state index < -0.39 is 0 Å². The van der Waals surface area contributed by atoms with Gasteiger partial charge in [0.2, 0.25) is 0 Å². The van der Waals surface area contributed by atoms with E-state index in [-0.39, 0.29) is 6.04 Å². The molecule has 3 rings (SSSR count). The van der Waals surface area contributed by atoms with E-state index in [1.807, 2.05) is 18.2 Å². The maximum atomic E-state index is 6.24. The molecule has 2 heteroatoms. The van der Waals surface area contributed by atoms with Crippen LogP contribution >= 0.6 is 11.6 Å². The maximum absolute atomic E-state index is 6.24. The third kappa shape index (κ3) is 3.23. The molecule has 1 aliphatic rings. The van der Waals surface area contributed by atoms with Crippen LogP contribution in [0.2, 0.25) is 5.02 Å². The van der Waals surface area contributed by atoms with Crippen LogP contribution in [0.25, 0.3) is 0 Å². The zero-order valence-corrected chi connectivity index (χ0v) is 12.5. The third-order valence-electron chi connectivity index (χ3n) is 3.98. The monoisotopic (exact) mass is 285 g/mol. The van der Waals surface area contributed by atoms with Gasteiger partial charge >= 0.3 is 0 Å². The van der Waals surface area contributed by atoms with Gasteiger partial charge in [-0.05, 0) is 48.4 Å². The van der Waals surface area contributed by atoms with Crippen molar-refractivity contribution in [1.82, 2.24) is 5.32 Å². The highest BCUT2D eigenvalue weighted by Gasteiger charge is 2.23. The van der Waals surface area contributed by atoms with Crippen molar-refractivity contribution in [3.05, 3.63) is 70.2 Å². The maximum Gasteiger partial charge on any atom is 0.0453 e. The van der Waals surface area contributed by atoms with E-state index in [0.717, 1.165) is 23.0 Å². The highest BCUT2D eigenvalue weighted by molar-refractivity contribution is 6.31. The number of nitrogens with one attached hydrogen (secondary N) is 1. The van der Waals surface area contributed by atoms with Gasteiger partial charge in [-0.25, -0.2) is 0 Å². The average Bonchev–Trinajstić information content (AvgIpc) is 3.30. The molecule has 0 bridgehead atoms. The summed E-state index contributed by atoms with van der Waals surface area (Å²) in [4.78, 5) is 0. The van der Waals surface area contributed by atoms with Gasteiger partial charge < -0.3 is 5.32 Å². The van der Waals surface area contributed by atoms with E-state index in [1.165, 1.54) is 24.0 Å².